The Morgan fingerprint density at radius 2 is 2.56 bits per heavy atom. The van der Waals surface area contributed by atoms with Crippen LogP contribution in [0.4, 0.5) is 0 Å². The number of aliphatic hydroxyl groups excluding tert-OH is 1. The van der Waals surface area contributed by atoms with Gasteiger partial charge in [0.2, 0.25) is 5.91 Å². The number of hydrogen-bond acceptors (Lipinski definition) is 4. The molecule has 2 N–H and O–H groups in total. The van der Waals surface area contributed by atoms with Crippen LogP contribution in [0.2, 0.25) is 0 Å². The molecule has 2 unspecified atom stereocenters. The van der Waals surface area contributed by atoms with Gasteiger partial charge in [-0.15, -0.1) is 0 Å². The molecule has 0 saturated carbocycles. The van der Waals surface area contributed by atoms with Gasteiger partial charge in [0, 0.05) is 13.1 Å². The van der Waals surface area contributed by atoms with Crippen LogP contribution < -0.4 is 5.32 Å². The molecule has 0 bridgehead atoms. The molecule has 0 radical (unpaired) electrons. The lowest BCUT2D eigenvalue weighted by atomic mass is 9.97. The number of nitrogens with one attached hydrogen (secondary N) is 1. The fraction of sp³-hybridized carbons (Fsp3) is 0.615. The van der Waals surface area contributed by atoms with Gasteiger partial charge in [-0.2, -0.15) is 11.3 Å². The van der Waals surface area contributed by atoms with E-state index in [9.17, 15) is 9.90 Å². The third-order valence-electron chi connectivity index (χ3n) is 3.39. The average Bonchev–Trinajstić information content (AvgIpc) is 2.89. The molecule has 18 heavy (non-hydrogen) atoms. The summed E-state index contributed by atoms with van der Waals surface area (Å²) in [6, 6.07) is 1.88. The second kappa shape index (κ2) is 6.31. The number of aliphatic hydroxyl groups is 1. The molecule has 1 aromatic rings. The van der Waals surface area contributed by atoms with Gasteiger partial charge >= 0.3 is 0 Å². The van der Waals surface area contributed by atoms with E-state index < -0.39 is 6.10 Å². The monoisotopic (exact) mass is 268 g/mol. The number of rotatable bonds is 4. The van der Waals surface area contributed by atoms with Crippen LogP contribution in [0.25, 0.3) is 0 Å². The summed E-state index contributed by atoms with van der Waals surface area (Å²) >= 11 is 1.55. The normalized spacial score (nSPS) is 22.7. The van der Waals surface area contributed by atoms with E-state index in [1.165, 1.54) is 0 Å². The van der Waals surface area contributed by atoms with E-state index in [0.29, 0.717) is 6.54 Å². The molecule has 100 valence electrons. The van der Waals surface area contributed by atoms with Crippen molar-refractivity contribution in [2.45, 2.75) is 18.9 Å². The minimum atomic E-state index is -0.596. The van der Waals surface area contributed by atoms with Crippen molar-refractivity contribution in [1.82, 2.24) is 10.2 Å². The van der Waals surface area contributed by atoms with Gasteiger partial charge in [-0.05, 0) is 48.8 Å². The van der Waals surface area contributed by atoms with Crippen molar-refractivity contribution in [3.05, 3.63) is 22.4 Å². The maximum atomic E-state index is 12.0. The van der Waals surface area contributed by atoms with Crippen molar-refractivity contribution in [2.75, 3.05) is 26.7 Å². The van der Waals surface area contributed by atoms with E-state index in [1.54, 1.807) is 11.3 Å². The van der Waals surface area contributed by atoms with Gasteiger partial charge in [0.05, 0.1) is 12.0 Å². The van der Waals surface area contributed by atoms with Crippen LogP contribution in [-0.2, 0) is 4.79 Å². The lowest BCUT2D eigenvalue weighted by Crippen LogP contribution is -2.42. The van der Waals surface area contributed by atoms with Crippen LogP contribution in [0.3, 0.4) is 0 Å². The van der Waals surface area contributed by atoms with Crippen LogP contribution in [0.5, 0.6) is 0 Å². The molecular weight excluding hydrogens is 248 g/mol. The SMILES string of the molecule is CN1CCCC(C(=O)NCC(O)c2ccsc2)C1. The molecule has 5 heteroatoms. The molecule has 0 aromatic carbocycles. The number of carbonyl (C=O) groups excluding carboxylic acids is 1. The zero-order valence-electron chi connectivity index (χ0n) is 10.6. The predicted molar refractivity (Wildman–Crippen MR) is 72.5 cm³/mol. The summed E-state index contributed by atoms with van der Waals surface area (Å²) in [6.45, 7) is 2.19. The lowest BCUT2D eigenvalue weighted by molar-refractivity contribution is -0.127. The van der Waals surface area contributed by atoms with Gasteiger partial charge in [0.15, 0.2) is 0 Å². The summed E-state index contributed by atoms with van der Waals surface area (Å²) in [6.07, 6.45) is 1.42. The van der Waals surface area contributed by atoms with E-state index in [0.717, 1.165) is 31.5 Å². The zero-order chi connectivity index (χ0) is 13.0. The van der Waals surface area contributed by atoms with E-state index in [4.69, 9.17) is 0 Å². The fourth-order valence-electron chi connectivity index (χ4n) is 2.30. The lowest BCUT2D eigenvalue weighted by Gasteiger charge is -2.28. The average molecular weight is 268 g/mol. The Hall–Kier alpha value is -0.910. The second-order valence-electron chi connectivity index (χ2n) is 4.92. The highest BCUT2D eigenvalue weighted by molar-refractivity contribution is 7.07. The number of amides is 1. The molecule has 1 aliphatic rings. The minimum absolute atomic E-state index is 0.0656. The van der Waals surface area contributed by atoms with Crippen molar-refractivity contribution in [3.63, 3.8) is 0 Å². The minimum Gasteiger partial charge on any atom is -0.387 e. The summed E-state index contributed by atoms with van der Waals surface area (Å²) < 4.78 is 0. The van der Waals surface area contributed by atoms with E-state index in [-0.39, 0.29) is 11.8 Å². The highest BCUT2D eigenvalue weighted by Gasteiger charge is 2.24. The Bertz CT molecular complexity index is 380. The molecule has 1 saturated heterocycles. The second-order valence-corrected chi connectivity index (χ2v) is 5.70. The van der Waals surface area contributed by atoms with Crippen LogP contribution >= 0.6 is 11.3 Å². The Balaban J connectivity index is 1.77. The molecule has 1 aromatic heterocycles. The molecule has 0 spiro atoms. The van der Waals surface area contributed by atoms with E-state index in [2.05, 4.69) is 10.2 Å². The first-order valence-electron chi connectivity index (χ1n) is 6.33. The number of piperidine rings is 1. The Kier molecular flexibility index (Phi) is 4.74. The van der Waals surface area contributed by atoms with Crippen molar-refractivity contribution in [3.8, 4) is 0 Å². The highest BCUT2D eigenvalue weighted by atomic mass is 32.1. The largest absolute Gasteiger partial charge is 0.387 e. The quantitative estimate of drug-likeness (QED) is 0.864. The molecule has 2 atom stereocenters. The number of carbonyl (C=O) groups is 1. The Labute approximate surface area is 112 Å². The third kappa shape index (κ3) is 3.54. The predicted octanol–water partition coefficient (Wildman–Crippen LogP) is 1.24. The Morgan fingerprint density at radius 3 is 3.22 bits per heavy atom. The van der Waals surface area contributed by atoms with Crippen molar-refractivity contribution in [1.29, 1.82) is 0 Å². The highest BCUT2D eigenvalue weighted by Crippen LogP contribution is 2.17. The summed E-state index contributed by atoms with van der Waals surface area (Å²) in [5.74, 6) is 0.134. The number of hydrogen-bond donors (Lipinski definition) is 2. The summed E-state index contributed by atoms with van der Waals surface area (Å²) in [4.78, 5) is 14.2. The van der Waals surface area contributed by atoms with Crippen LogP contribution in [-0.4, -0.2) is 42.6 Å². The van der Waals surface area contributed by atoms with Crippen LogP contribution in [0.1, 0.15) is 24.5 Å². The maximum Gasteiger partial charge on any atom is 0.224 e. The van der Waals surface area contributed by atoms with Crippen molar-refractivity contribution < 1.29 is 9.90 Å². The molecule has 4 nitrogen and oxygen atoms in total. The third-order valence-corrected chi connectivity index (χ3v) is 4.09. The standard InChI is InChI=1S/C13H20N2O2S/c1-15-5-2-3-10(8-15)13(17)14-7-12(16)11-4-6-18-9-11/h4,6,9-10,12,16H,2-3,5,7-8H2,1H3,(H,14,17). The molecule has 2 heterocycles. The van der Waals surface area contributed by atoms with Crippen LogP contribution in [0.15, 0.2) is 16.8 Å². The smallest absolute Gasteiger partial charge is 0.224 e. The first kappa shape index (κ1) is 13.5. The molecule has 1 aliphatic heterocycles. The molecule has 1 fully saturated rings. The summed E-state index contributed by atoms with van der Waals surface area (Å²) in [5, 5.41) is 16.6. The van der Waals surface area contributed by atoms with Gasteiger partial charge in [-0.25, -0.2) is 0 Å². The summed E-state index contributed by atoms with van der Waals surface area (Å²) in [5.41, 5.74) is 0.876. The molecule has 2 rings (SSSR count). The zero-order valence-corrected chi connectivity index (χ0v) is 11.4. The van der Waals surface area contributed by atoms with Crippen molar-refractivity contribution >= 4 is 17.2 Å². The topological polar surface area (TPSA) is 52.6 Å². The summed E-state index contributed by atoms with van der Waals surface area (Å²) in [7, 11) is 2.04. The molecule has 0 aliphatic carbocycles. The van der Waals surface area contributed by atoms with Gasteiger partial charge < -0.3 is 15.3 Å². The number of thiophene rings is 1. The molecule has 1 amide bonds. The van der Waals surface area contributed by atoms with Gasteiger partial charge in [-0.3, -0.25) is 4.79 Å². The fourth-order valence-corrected chi connectivity index (χ4v) is 3.01. The van der Waals surface area contributed by atoms with Crippen molar-refractivity contribution in [2.24, 2.45) is 5.92 Å². The van der Waals surface area contributed by atoms with E-state index >= 15 is 0 Å². The first-order chi connectivity index (χ1) is 8.66. The number of likely N-dealkylation sites (tertiary alicyclic amines) is 1. The molecular formula is C13H20N2O2S. The first-order valence-corrected chi connectivity index (χ1v) is 7.27. The van der Waals surface area contributed by atoms with Crippen LogP contribution in [0, 0.1) is 5.92 Å². The Morgan fingerprint density at radius 1 is 1.72 bits per heavy atom. The van der Waals surface area contributed by atoms with Gasteiger partial charge in [0.1, 0.15) is 0 Å². The van der Waals surface area contributed by atoms with Gasteiger partial charge in [-0.1, -0.05) is 0 Å². The van der Waals surface area contributed by atoms with Gasteiger partial charge in [0.25, 0.3) is 0 Å². The number of nitrogens with zero attached hydrogens (tertiary/aromatic N) is 1. The van der Waals surface area contributed by atoms with E-state index in [1.807, 2.05) is 23.9 Å². The maximum absolute atomic E-state index is 12.0.